The van der Waals surface area contributed by atoms with Crippen LogP contribution >= 0.6 is 15.9 Å². The van der Waals surface area contributed by atoms with Crippen LogP contribution in [0.2, 0.25) is 0 Å². The minimum Gasteiger partial charge on any atom is -0.267 e. The van der Waals surface area contributed by atoms with E-state index in [2.05, 4.69) is 32.1 Å². The first-order chi connectivity index (χ1) is 8.16. The molecule has 5 heteroatoms. The number of rotatable bonds is 2. The summed E-state index contributed by atoms with van der Waals surface area (Å²) in [4.78, 5) is 14.4. The van der Waals surface area contributed by atoms with E-state index < -0.39 is 0 Å². The predicted octanol–water partition coefficient (Wildman–Crippen LogP) is 2.66. The van der Waals surface area contributed by atoms with Gasteiger partial charge in [0.15, 0.2) is 0 Å². The molecular formula is C12H10BrN3O. The summed E-state index contributed by atoms with van der Waals surface area (Å²) in [7, 11) is 1.91. The smallest absolute Gasteiger partial charge is 0.235 e. The monoisotopic (exact) mass is 291 g/mol. The van der Waals surface area contributed by atoms with Crippen molar-refractivity contribution < 1.29 is 4.79 Å². The number of aliphatic imine (C=N–C) groups is 1. The van der Waals surface area contributed by atoms with Crippen LogP contribution in [0.3, 0.4) is 0 Å². The molecule has 0 unspecified atom stereocenters. The zero-order valence-electron chi connectivity index (χ0n) is 9.27. The third kappa shape index (κ3) is 1.54. The molecule has 0 aliphatic heterocycles. The highest BCUT2D eigenvalue weighted by Gasteiger charge is 2.44. The number of halogens is 1. The van der Waals surface area contributed by atoms with E-state index in [0.29, 0.717) is 0 Å². The number of fused-ring (bicyclic) bond motifs is 1. The quantitative estimate of drug-likeness (QED) is 0.631. The molecule has 1 saturated carbocycles. The van der Waals surface area contributed by atoms with Gasteiger partial charge in [0.2, 0.25) is 6.08 Å². The van der Waals surface area contributed by atoms with Crippen molar-refractivity contribution in [2.24, 2.45) is 12.0 Å². The van der Waals surface area contributed by atoms with E-state index in [-0.39, 0.29) is 5.54 Å². The summed E-state index contributed by atoms with van der Waals surface area (Å²) in [6.07, 6.45) is 3.52. The van der Waals surface area contributed by atoms with Gasteiger partial charge < -0.3 is 0 Å². The molecule has 1 fully saturated rings. The van der Waals surface area contributed by atoms with Crippen LogP contribution in [0.5, 0.6) is 0 Å². The Labute approximate surface area is 106 Å². The van der Waals surface area contributed by atoms with Crippen molar-refractivity contribution in [3.63, 3.8) is 0 Å². The molecule has 0 spiro atoms. The number of isocyanates is 1. The van der Waals surface area contributed by atoms with E-state index in [9.17, 15) is 4.79 Å². The Balaban J connectivity index is 2.20. The Hall–Kier alpha value is -1.45. The Morgan fingerprint density at radius 1 is 1.53 bits per heavy atom. The lowest BCUT2D eigenvalue weighted by atomic mass is 10.0. The lowest BCUT2D eigenvalue weighted by Crippen LogP contribution is -2.01. The summed E-state index contributed by atoms with van der Waals surface area (Å²) in [5.74, 6) is 0. The number of aromatic nitrogens is 2. The molecular weight excluding hydrogens is 282 g/mol. The molecule has 3 rings (SSSR count). The van der Waals surface area contributed by atoms with E-state index in [1.165, 1.54) is 0 Å². The van der Waals surface area contributed by atoms with Gasteiger partial charge in [0.1, 0.15) is 4.60 Å². The van der Waals surface area contributed by atoms with Crippen molar-refractivity contribution in [3.05, 3.63) is 28.4 Å². The van der Waals surface area contributed by atoms with Crippen LogP contribution in [-0.2, 0) is 17.4 Å². The van der Waals surface area contributed by atoms with Crippen LogP contribution in [0.4, 0.5) is 0 Å². The summed E-state index contributed by atoms with van der Waals surface area (Å²) in [6.45, 7) is 0. The molecule has 0 N–H and O–H groups in total. The highest BCUT2D eigenvalue weighted by atomic mass is 79.9. The third-order valence-electron chi connectivity index (χ3n) is 3.33. The molecule has 1 aliphatic rings. The van der Waals surface area contributed by atoms with Crippen molar-refractivity contribution in [1.29, 1.82) is 0 Å². The van der Waals surface area contributed by atoms with Crippen LogP contribution in [0.1, 0.15) is 18.4 Å². The summed E-state index contributed by atoms with van der Waals surface area (Å²) in [6, 6.07) is 6.09. The number of benzene rings is 1. The van der Waals surface area contributed by atoms with Crippen molar-refractivity contribution in [2.45, 2.75) is 18.4 Å². The lowest BCUT2D eigenvalue weighted by Gasteiger charge is -2.07. The van der Waals surface area contributed by atoms with E-state index in [0.717, 1.165) is 33.9 Å². The molecule has 2 aromatic rings. The topological polar surface area (TPSA) is 47.2 Å². The van der Waals surface area contributed by atoms with Crippen LogP contribution in [0.25, 0.3) is 10.9 Å². The second-order valence-electron chi connectivity index (χ2n) is 4.38. The molecule has 86 valence electrons. The van der Waals surface area contributed by atoms with Gasteiger partial charge in [0, 0.05) is 12.4 Å². The van der Waals surface area contributed by atoms with Gasteiger partial charge in [-0.05, 0) is 46.5 Å². The highest BCUT2D eigenvalue weighted by Crippen LogP contribution is 2.49. The van der Waals surface area contributed by atoms with Crippen molar-refractivity contribution >= 4 is 32.9 Å². The van der Waals surface area contributed by atoms with Gasteiger partial charge in [-0.3, -0.25) is 4.68 Å². The minimum absolute atomic E-state index is 0.314. The van der Waals surface area contributed by atoms with E-state index in [4.69, 9.17) is 0 Å². The fourth-order valence-corrected chi connectivity index (χ4v) is 2.74. The molecule has 0 saturated heterocycles. The molecule has 4 nitrogen and oxygen atoms in total. The Kier molecular flexibility index (Phi) is 2.21. The lowest BCUT2D eigenvalue weighted by molar-refractivity contribution is 0.556. The summed E-state index contributed by atoms with van der Waals surface area (Å²) >= 11 is 3.44. The van der Waals surface area contributed by atoms with Gasteiger partial charge >= 0.3 is 0 Å². The molecule has 1 aromatic heterocycles. The Bertz CT molecular complexity index is 651. The third-order valence-corrected chi connectivity index (χ3v) is 3.91. The molecule has 17 heavy (non-hydrogen) atoms. The number of nitrogens with zero attached hydrogens (tertiary/aromatic N) is 3. The summed E-state index contributed by atoms with van der Waals surface area (Å²) in [5, 5.41) is 5.36. The van der Waals surface area contributed by atoms with Crippen molar-refractivity contribution in [2.75, 3.05) is 0 Å². The SMILES string of the molecule is Cn1nc(Br)c2cc(C3(N=C=O)CC3)ccc21. The first-order valence-corrected chi connectivity index (χ1v) is 6.17. The average Bonchev–Trinajstić information content (AvgIpc) is 3.04. The van der Waals surface area contributed by atoms with Crippen LogP contribution in [0, 0.1) is 0 Å². The van der Waals surface area contributed by atoms with Crippen LogP contribution < -0.4 is 0 Å². The number of hydrogen-bond acceptors (Lipinski definition) is 3. The van der Waals surface area contributed by atoms with Gasteiger partial charge in [0.25, 0.3) is 0 Å². The fraction of sp³-hybridized carbons (Fsp3) is 0.333. The van der Waals surface area contributed by atoms with Gasteiger partial charge in [-0.15, -0.1) is 0 Å². The van der Waals surface area contributed by atoms with Gasteiger partial charge in [-0.2, -0.15) is 10.1 Å². The molecule has 0 amide bonds. The largest absolute Gasteiger partial charge is 0.267 e. The molecule has 0 atom stereocenters. The van der Waals surface area contributed by atoms with Crippen LogP contribution in [-0.4, -0.2) is 15.9 Å². The van der Waals surface area contributed by atoms with Gasteiger partial charge in [0.05, 0.1) is 11.1 Å². The first-order valence-electron chi connectivity index (χ1n) is 5.38. The Morgan fingerprint density at radius 3 is 2.94 bits per heavy atom. The second-order valence-corrected chi connectivity index (χ2v) is 5.13. The number of hydrogen-bond donors (Lipinski definition) is 0. The molecule has 0 bridgehead atoms. The van der Waals surface area contributed by atoms with Crippen LogP contribution in [0.15, 0.2) is 27.8 Å². The summed E-state index contributed by atoms with van der Waals surface area (Å²) in [5.41, 5.74) is 1.82. The normalized spacial score (nSPS) is 16.8. The second kappa shape index (κ2) is 3.52. The standard InChI is InChI=1S/C12H10BrN3O/c1-16-10-3-2-8(6-9(10)11(13)15-16)12(4-5-12)14-7-17/h2-3,6H,4-5H2,1H3. The number of aryl methyl sites for hydroxylation is 1. The highest BCUT2D eigenvalue weighted by molar-refractivity contribution is 9.10. The first kappa shape index (κ1) is 10.7. The maximum Gasteiger partial charge on any atom is 0.235 e. The van der Waals surface area contributed by atoms with E-state index in [1.54, 1.807) is 6.08 Å². The van der Waals surface area contributed by atoms with Gasteiger partial charge in [-0.25, -0.2) is 4.79 Å². The van der Waals surface area contributed by atoms with Crippen molar-refractivity contribution in [3.8, 4) is 0 Å². The molecule has 1 aliphatic carbocycles. The zero-order valence-corrected chi connectivity index (χ0v) is 10.9. The Morgan fingerprint density at radius 2 is 2.29 bits per heavy atom. The number of carbonyl (C=O) groups excluding carboxylic acids is 1. The maximum absolute atomic E-state index is 10.5. The average molecular weight is 292 g/mol. The molecule has 1 heterocycles. The van der Waals surface area contributed by atoms with Gasteiger partial charge in [-0.1, -0.05) is 6.07 Å². The summed E-state index contributed by atoms with van der Waals surface area (Å²) < 4.78 is 2.65. The zero-order chi connectivity index (χ0) is 12.0. The predicted molar refractivity (Wildman–Crippen MR) is 67.4 cm³/mol. The fourth-order valence-electron chi connectivity index (χ4n) is 2.18. The maximum atomic E-state index is 10.5. The molecule has 1 aromatic carbocycles. The minimum atomic E-state index is -0.314. The van der Waals surface area contributed by atoms with E-state index in [1.807, 2.05) is 23.9 Å². The van der Waals surface area contributed by atoms with E-state index >= 15 is 0 Å². The molecule has 0 radical (unpaired) electrons. The van der Waals surface area contributed by atoms with Crippen molar-refractivity contribution in [1.82, 2.24) is 9.78 Å².